The normalized spacial score (nSPS) is 12.0. The number of amides is 4. The van der Waals surface area contributed by atoms with Crippen LogP contribution in [0, 0.1) is 0 Å². The molecule has 2 aromatic heterocycles. The molecule has 0 spiro atoms. The third kappa shape index (κ3) is 20.2. The minimum atomic E-state index is -0.193. The summed E-state index contributed by atoms with van der Waals surface area (Å²) in [6.45, 7) is 23.0. The number of thiazole rings is 1. The van der Waals surface area contributed by atoms with E-state index in [0.29, 0.717) is 40.6 Å². The second-order valence-corrected chi connectivity index (χ2v) is 28.5. The number of carbonyl (C=O) groups is 4. The maximum Gasteiger partial charge on any atom is 0.261 e. The fourth-order valence-corrected chi connectivity index (χ4v) is 15.3. The van der Waals surface area contributed by atoms with Gasteiger partial charge < -0.3 is 4.42 Å². The SMILES string of the molecule is C=Cc1ccc(CSC2=Nc3ccccc3C2)cc1.C=Cc1ccc(CSc2nc3ccccc3o2)cc1.C=Cc1ccc(CSc2nc3ccccc3s2)cc1.C=Cc1ccccc1.C=Cc1ccccc1.CCN1C(=O)c2cc3ccccc3cc2C1=O.CCN1C(=O)c2cccc3cccc(c23)C1=O. The Labute approximate surface area is 642 Å². The molecule has 0 N–H and O–H groups in total. The second kappa shape index (κ2) is 38.3. The molecule has 3 aliphatic rings. The molecule has 0 saturated heterocycles. The first kappa shape index (κ1) is 76.4. The minimum Gasteiger partial charge on any atom is -0.431 e. The van der Waals surface area contributed by atoms with E-state index in [4.69, 9.17) is 4.42 Å². The molecule has 5 heterocycles. The number of imide groups is 2. The standard InChI is InChI=1S/C17H15NS.C16H13NOS.C16H13NS2.2C14H11NO2.2C8H8/c1-2-13-7-9-14(10-8-13)12-19-17-11-15-5-3-4-6-16(15)18-17;1-2-12-7-9-13(10-8-12)11-19-16-17-14-5-3-4-6-15(14)18-16;1-2-12-7-9-13(10-8-12)11-18-16-17-14-5-3-4-6-15(14)19-16;1-2-15-13(16)10-7-3-5-9-6-4-8-11(12(9)10)14(15)17;1-2-15-13(16)11-7-9-5-3-4-6-10(9)8-12(11)14(15)17;2*1-2-8-6-4-3-5-7-8/h2-10H,1,11-12H2;2*2-10H,1,11H2;2*3-8H,2H2,1H3;2*2-7H,1H2. The Morgan fingerprint density at radius 3 is 1.28 bits per heavy atom. The molecule has 12 aromatic carbocycles. The lowest BCUT2D eigenvalue weighted by atomic mass is 9.94. The van der Waals surface area contributed by atoms with Crippen LogP contribution in [0.25, 0.3) is 73.2 Å². The number of fused-ring (bicyclic) bond motifs is 5. The van der Waals surface area contributed by atoms with Crippen LogP contribution in [0.5, 0.6) is 0 Å². The van der Waals surface area contributed by atoms with Crippen LogP contribution >= 0.6 is 46.6 Å². The molecule has 17 rings (SSSR count). The summed E-state index contributed by atoms with van der Waals surface area (Å²) in [5, 5.41) is 5.64. The molecule has 4 amide bonds. The average Bonchev–Trinajstić information content (AvgIpc) is 1.11. The zero-order valence-electron chi connectivity index (χ0n) is 59.6. The van der Waals surface area contributed by atoms with Gasteiger partial charge in [0.05, 0.1) is 32.1 Å². The molecule has 0 radical (unpaired) electrons. The second-order valence-electron chi connectivity index (χ2n) is 24.3. The number of aliphatic imine (C=N–C) groups is 1. The highest BCUT2D eigenvalue weighted by molar-refractivity contribution is 8.13. The van der Waals surface area contributed by atoms with Crippen LogP contribution in [0.4, 0.5) is 5.69 Å². The van der Waals surface area contributed by atoms with Crippen molar-refractivity contribution in [3.8, 4) is 0 Å². The number of thioether (sulfide) groups is 3. The fraction of sp³-hybridized carbons (Fsp3) is 0.0860. The van der Waals surface area contributed by atoms with Gasteiger partial charge in [-0.3, -0.25) is 29.0 Å². The van der Waals surface area contributed by atoms with Gasteiger partial charge >= 0.3 is 0 Å². The summed E-state index contributed by atoms with van der Waals surface area (Å²) in [6.07, 6.45) is 10.2. The van der Waals surface area contributed by atoms with E-state index >= 15 is 0 Å². The fourth-order valence-electron chi connectivity index (χ4n) is 11.5. The molecule has 14 heteroatoms. The number of rotatable bonds is 15. The molecular formula is C93H79N5O5S4. The number of aromatic nitrogens is 2. The Morgan fingerprint density at radius 2 is 0.813 bits per heavy atom. The number of carbonyl (C=O) groups excluding carboxylic acids is 4. The summed E-state index contributed by atoms with van der Waals surface area (Å²) >= 11 is 6.99. The molecule has 0 unspecified atom stereocenters. The summed E-state index contributed by atoms with van der Waals surface area (Å²) in [4.78, 5) is 64.6. The summed E-state index contributed by atoms with van der Waals surface area (Å²) in [5.41, 5.74) is 17.3. The maximum atomic E-state index is 12.1. The van der Waals surface area contributed by atoms with Crippen molar-refractivity contribution in [1.82, 2.24) is 19.8 Å². The predicted molar refractivity (Wildman–Crippen MR) is 454 cm³/mol. The highest BCUT2D eigenvalue weighted by atomic mass is 32.2. The van der Waals surface area contributed by atoms with Crippen LogP contribution in [0.3, 0.4) is 0 Å². The molecule has 14 aromatic rings. The Hall–Kier alpha value is -11.8. The molecular weight excluding hydrogens is 1400 g/mol. The lowest BCUT2D eigenvalue weighted by Gasteiger charge is -2.25. The zero-order chi connectivity index (χ0) is 74.9. The van der Waals surface area contributed by atoms with Gasteiger partial charge in [-0.05, 0) is 135 Å². The Morgan fingerprint density at radius 1 is 0.402 bits per heavy atom. The van der Waals surface area contributed by atoms with Gasteiger partial charge in [0, 0.05) is 53.3 Å². The predicted octanol–water partition coefficient (Wildman–Crippen LogP) is 24.4. The first-order valence-electron chi connectivity index (χ1n) is 34.9. The highest BCUT2D eigenvalue weighted by Crippen LogP contribution is 2.35. The number of hydrogen-bond acceptors (Lipinski definition) is 12. The van der Waals surface area contributed by atoms with E-state index in [0.717, 1.165) is 83.0 Å². The van der Waals surface area contributed by atoms with Crippen LogP contribution in [-0.2, 0) is 23.7 Å². The quantitative estimate of drug-likeness (QED) is 0.0723. The lowest BCUT2D eigenvalue weighted by Crippen LogP contribution is -2.39. The third-order valence-electron chi connectivity index (χ3n) is 17.3. The van der Waals surface area contributed by atoms with Gasteiger partial charge in [0.1, 0.15) is 5.52 Å². The van der Waals surface area contributed by atoms with Crippen molar-refractivity contribution < 1.29 is 23.6 Å². The van der Waals surface area contributed by atoms with Gasteiger partial charge in [0.2, 0.25) is 0 Å². The summed E-state index contributed by atoms with van der Waals surface area (Å²) in [7, 11) is 0. The van der Waals surface area contributed by atoms with E-state index in [1.54, 1.807) is 66.0 Å². The number of para-hydroxylation sites is 4. The molecule has 530 valence electrons. The summed E-state index contributed by atoms with van der Waals surface area (Å²) < 4.78 is 8.06. The largest absolute Gasteiger partial charge is 0.431 e. The Bertz CT molecular complexity index is 5160. The number of oxazole rings is 1. The average molecular weight is 1470 g/mol. The molecule has 0 aliphatic carbocycles. The van der Waals surface area contributed by atoms with Crippen LogP contribution < -0.4 is 0 Å². The van der Waals surface area contributed by atoms with E-state index in [2.05, 4.69) is 157 Å². The molecule has 10 nitrogen and oxygen atoms in total. The summed E-state index contributed by atoms with van der Waals surface area (Å²) in [6, 6.07) is 92.3. The van der Waals surface area contributed by atoms with Gasteiger partial charge in [-0.15, -0.1) is 23.1 Å². The van der Waals surface area contributed by atoms with Crippen LogP contribution in [-0.4, -0.2) is 61.5 Å². The van der Waals surface area contributed by atoms with Gasteiger partial charge in [-0.25, -0.2) is 15.0 Å². The maximum absolute atomic E-state index is 12.1. The van der Waals surface area contributed by atoms with Crippen molar-refractivity contribution in [2.24, 2.45) is 4.99 Å². The van der Waals surface area contributed by atoms with Gasteiger partial charge in [-0.2, -0.15) is 0 Å². The smallest absolute Gasteiger partial charge is 0.261 e. The first-order chi connectivity index (χ1) is 52.4. The van der Waals surface area contributed by atoms with Crippen molar-refractivity contribution in [1.29, 1.82) is 0 Å². The number of hydrogen-bond donors (Lipinski definition) is 0. The van der Waals surface area contributed by atoms with Crippen molar-refractivity contribution in [2.45, 2.75) is 47.1 Å². The molecule has 0 saturated carbocycles. The van der Waals surface area contributed by atoms with E-state index in [1.807, 2.05) is 195 Å². The molecule has 107 heavy (non-hydrogen) atoms. The van der Waals surface area contributed by atoms with Crippen molar-refractivity contribution in [3.05, 3.63) is 384 Å². The van der Waals surface area contributed by atoms with E-state index in [1.165, 1.54) is 58.5 Å². The van der Waals surface area contributed by atoms with Crippen LogP contribution in [0.1, 0.15) is 105 Å². The highest BCUT2D eigenvalue weighted by Gasteiger charge is 2.35. The molecule has 3 aliphatic heterocycles. The van der Waals surface area contributed by atoms with Crippen LogP contribution in [0.15, 0.2) is 331 Å². The molecule has 0 fully saturated rings. The van der Waals surface area contributed by atoms with Crippen molar-refractivity contribution >= 4 is 154 Å². The molecule has 0 atom stereocenters. The topological polar surface area (TPSA) is 126 Å². The monoisotopic (exact) mass is 1470 g/mol. The van der Waals surface area contributed by atoms with Gasteiger partial charge in [-0.1, -0.05) is 311 Å². The van der Waals surface area contributed by atoms with E-state index < -0.39 is 0 Å². The summed E-state index contributed by atoms with van der Waals surface area (Å²) in [5.74, 6) is 2.03. The minimum absolute atomic E-state index is 0.182. The third-order valence-corrected chi connectivity index (χ3v) is 21.5. The Balaban J connectivity index is 0.000000127. The Kier molecular flexibility index (Phi) is 27.3. The van der Waals surface area contributed by atoms with Gasteiger partial charge in [0.25, 0.3) is 28.9 Å². The van der Waals surface area contributed by atoms with Crippen molar-refractivity contribution in [3.63, 3.8) is 0 Å². The zero-order valence-corrected chi connectivity index (χ0v) is 62.9. The number of nitrogens with zero attached hydrogens (tertiary/aromatic N) is 5. The first-order valence-corrected chi connectivity index (χ1v) is 38.7. The molecule has 0 bridgehead atoms. The lowest BCUT2D eigenvalue weighted by molar-refractivity contribution is 0.0614. The number of benzene rings is 12. The van der Waals surface area contributed by atoms with Crippen molar-refractivity contribution in [2.75, 3.05) is 13.1 Å². The van der Waals surface area contributed by atoms with E-state index in [9.17, 15) is 19.2 Å². The van der Waals surface area contributed by atoms with Gasteiger partial charge in [0.15, 0.2) is 9.92 Å². The van der Waals surface area contributed by atoms with E-state index in [-0.39, 0.29) is 23.6 Å². The van der Waals surface area contributed by atoms with Crippen LogP contribution in [0.2, 0.25) is 0 Å².